The van der Waals surface area contributed by atoms with Crippen LogP contribution in [0.4, 0.5) is 11.6 Å². The molecule has 23 heavy (non-hydrogen) atoms. The van der Waals surface area contributed by atoms with Crippen molar-refractivity contribution in [3.05, 3.63) is 47.2 Å². The zero-order chi connectivity index (χ0) is 16.4. The Labute approximate surface area is 138 Å². The molecule has 7 heteroatoms. The number of fused-ring (bicyclic) bond motifs is 1. The monoisotopic (exact) mass is 329 g/mol. The van der Waals surface area contributed by atoms with Gasteiger partial charge in [0.25, 0.3) is 0 Å². The lowest BCUT2D eigenvalue weighted by Gasteiger charge is -2.21. The van der Waals surface area contributed by atoms with E-state index in [-0.39, 0.29) is 0 Å². The van der Waals surface area contributed by atoms with Gasteiger partial charge in [0.05, 0.1) is 12.5 Å². The zero-order valence-electron chi connectivity index (χ0n) is 12.8. The Balaban J connectivity index is 1.98. The van der Waals surface area contributed by atoms with Crippen LogP contribution in [-0.4, -0.2) is 29.1 Å². The summed E-state index contributed by atoms with van der Waals surface area (Å²) in [6, 6.07) is 9.15. The third-order valence-corrected chi connectivity index (χ3v) is 3.74. The molecular formula is C16H16ClN5O. The lowest BCUT2D eigenvalue weighted by Crippen LogP contribution is -2.19. The second-order valence-corrected chi connectivity index (χ2v) is 5.55. The molecule has 1 aromatic carbocycles. The van der Waals surface area contributed by atoms with Gasteiger partial charge in [-0.3, -0.25) is 0 Å². The molecule has 0 saturated carbocycles. The molecule has 2 aromatic heterocycles. The number of methoxy groups -OCH3 is 1. The quantitative estimate of drug-likeness (QED) is 0.793. The van der Waals surface area contributed by atoms with E-state index in [1.54, 1.807) is 19.2 Å². The number of halogens is 1. The second-order valence-electron chi connectivity index (χ2n) is 5.12. The van der Waals surface area contributed by atoms with E-state index in [4.69, 9.17) is 22.1 Å². The number of nitrogens with two attached hydrogens (primary N) is 1. The molecule has 0 aliphatic rings. The molecule has 0 atom stereocenters. The van der Waals surface area contributed by atoms with Crippen molar-refractivity contribution < 1.29 is 4.74 Å². The Hall–Kier alpha value is -2.60. The average molecular weight is 330 g/mol. The first-order chi connectivity index (χ1) is 11.1. The highest BCUT2D eigenvalue weighted by atomic mass is 35.5. The second kappa shape index (κ2) is 6.26. The van der Waals surface area contributed by atoms with Crippen LogP contribution >= 0.6 is 11.6 Å². The van der Waals surface area contributed by atoms with Crippen molar-refractivity contribution >= 4 is 34.3 Å². The topological polar surface area (TPSA) is 77.2 Å². The molecule has 3 rings (SSSR count). The maximum Gasteiger partial charge on any atom is 0.166 e. The van der Waals surface area contributed by atoms with E-state index in [1.165, 1.54) is 6.33 Å². The van der Waals surface area contributed by atoms with E-state index in [1.807, 2.05) is 30.1 Å². The maximum atomic E-state index is 6.09. The number of hydrogen-bond acceptors (Lipinski definition) is 6. The Morgan fingerprint density at radius 2 is 2.04 bits per heavy atom. The van der Waals surface area contributed by atoms with Crippen LogP contribution in [0.1, 0.15) is 5.56 Å². The Morgan fingerprint density at radius 3 is 2.83 bits per heavy atom. The first-order valence-corrected chi connectivity index (χ1v) is 7.37. The smallest absolute Gasteiger partial charge is 0.166 e. The van der Waals surface area contributed by atoms with E-state index in [0.717, 1.165) is 22.5 Å². The summed E-state index contributed by atoms with van der Waals surface area (Å²) in [6.45, 7) is 0.584. The highest BCUT2D eigenvalue weighted by Gasteiger charge is 2.13. The van der Waals surface area contributed by atoms with Gasteiger partial charge in [-0.25, -0.2) is 15.0 Å². The van der Waals surface area contributed by atoms with Gasteiger partial charge in [0, 0.05) is 24.2 Å². The number of hydrogen-bond donors (Lipinski definition) is 1. The minimum Gasteiger partial charge on any atom is -0.496 e. The van der Waals surface area contributed by atoms with Gasteiger partial charge in [-0.2, -0.15) is 0 Å². The number of ether oxygens (including phenoxy) is 1. The predicted octanol–water partition coefficient (Wildman–Crippen LogP) is 2.91. The fraction of sp³-hybridized carbons (Fsp3) is 0.188. The van der Waals surface area contributed by atoms with Crippen molar-refractivity contribution in [3.8, 4) is 5.75 Å². The first kappa shape index (κ1) is 15.3. The molecule has 3 aromatic rings. The fourth-order valence-electron chi connectivity index (χ4n) is 2.45. The fourth-order valence-corrected chi connectivity index (χ4v) is 2.64. The summed E-state index contributed by atoms with van der Waals surface area (Å²) in [7, 11) is 3.58. The minimum atomic E-state index is 0.432. The van der Waals surface area contributed by atoms with Crippen LogP contribution in [0.3, 0.4) is 0 Å². The van der Waals surface area contributed by atoms with Gasteiger partial charge < -0.3 is 15.4 Å². The number of anilines is 2. The van der Waals surface area contributed by atoms with Crippen LogP contribution in [0, 0.1) is 0 Å². The number of benzene rings is 1. The highest BCUT2D eigenvalue weighted by Crippen LogP contribution is 2.27. The molecule has 0 saturated heterocycles. The largest absolute Gasteiger partial charge is 0.496 e. The third-order valence-electron chi connectivity index (χ3n) is 3.51. The van der Waals surface area contributed by atoms with E-state index in [0.29, 0.717) is 23.0 Å². The summed E-state index contributed by atoms with van der Waals surface area (Å²) in [6.07, 6.45) is 1.48. The van der Waals surface area contributed by atoms with Crippen LogP contribution < -0.4 is 15.4 Å². The van der Waals surface area contributed by atoms with Gasteiger partial charge in [-0.15, -0.1) is 0 Å². The Kier molecular flexibility index (Phi) is 4.16. The minimum absolute atomic E-state index is 0.432. The van der Waals surface area contributed by atoms with Crippen molar-refractivity contribution in [1.82, 2.24) is 15.0 Å². The first-order valence-electron chi connectivity index (χ1n) is 6.99. The summed E-state index contributed by atoms with van der Waals surface area (Å²) in [4.78, 5) is 14.8. The Bertz CT molecular complexity index is 855. The number of aromatic nitrogens is 3. The van der Waals surface area contributed by atoms with Crippen LogP contribution in [0.25, 0.3) is 11.0 Å². The van der Waals surface area contributed by atoms with Crippen LogP contribution in [0.5, 0.6) is 5.75 Å². The van der Waals surface area contributed by atoms with E-state index in [9.17, 15) is 0 Å². The molecule has 0 radical (unpaired) electrons. The molecule has 6 nitrogen and oxygen atoms in total. The van der Waals surface area contributed by atoms with Gasteiger partial charge in [0.2, 0.25) is 0 Å². The van der Waals surface area contributed by atoms with Gasteiger partial charge in [-0.05, 0) is 30.3 Å². The number of rotatable bonds is 4. The van der Waals surface area contributed by atoms with Gasteiger partial charge >= 0.3 is 0 Å². The lowest BCUT2D eigenvalue weighted by atomic mass is 10.2. The van der Waals surface area contributed by atoms with E-state index < -0.39 is 0 Å². The maximum absolute atomic E-state index is 6.09. The highest BCUT2D eigenvalue weighted by molar-refractivity contribution is 6.30. The molecule has 2 N–H and O–H groups in total. The molecule has 0 bridgehead atoms. The standard InChI is InChI=1S/C16H16ClN5O/c1-22(8-10-7-11(17)3-5-13(10)23-2)16-12-4-6-14(18)21-15(12)19-9-20-16/h3-7,9H,8H2,1-2H3,(H2,18,19,20,21). The molecule has 0 spiro atoms. The number of nitrogens with zero attached hydrogens (tertiary/aromatic N) is 4. The summed E-state index contributed by atoms with van der Waals surface area (Å²) in [5.74, 6) is 1.98. The number of pyridine rings is 1. The average Bonchev–Trinajstić information content (AvgIpc) is 2.54. The third kappa shape index (κ3) is 3.12. The van der Waals surface area contributed by atoms with Gasteiger partial charge in [-0.1, -0.05) is 11.6 Å². The molecule has 0 aliphatic heterocycles. The van der Waals surface area contributed by atoms with Crippen molar-refractivity contribution in [3.63, 3.8) is 0 Å². The van der Waals surface area contributed by atoms with Gasteiger partial charge in [0.15, 0.2) is 5.65 Å². The van der Waals surface area contributed by atoms with Crippen molar-refractivity contribution in [1.29, 1.82) is 0 Å². The van der Waals surface area contributed by atoms with E-state index >= 15 is 0 Å². The van der Waals surface area contributed by atoms with E-state index in [2.05, 4.69) is 15.0 Å². The summed E-state index contributed by atoms with van der Waals surface area (Å²) < 4.78 is 5.39. The lowest BCUT2D eigenvalue weighted by molar-refractivity contribution is 0.409. The Morgan fingerprint density at radius 1 is 1.22 bits per heavy atom. The van der Waals surface area contributed by atoms with Crippen LogP contribution in [0.15, 0.2) is 36.7 Å². The SMILES string of the molecule is COc1ccc(Cl)cc1CN(C)c1ncnc2nc(N)ccc12. The predicted molar refractivity (Wildman–Crippen MR) is 91.9 cm³/mol. The molecule has 0 unspecified atom stereocenters. The molecule has 0 fully saturated rings. The normalized spacial score (nSPS) is 10.7. The van der Waals surface area contributed by atoms with Gasteiger partial charge in [0.1, 0.15) is 23.7 Å². The summed E-state index contributed by atoms with van der Waals surface area (Å²) >= 11 is 6.09. The van der Waals surface area contributed by atoms with Crippen molar-refractivity contribution in [2.24, 2.45) is 0 Å². The zero-order valence-corrected chi connectivity index (χ0v) is 13.6. The molecule has 0 aliphatic carbocycles. The molecule has 2 heterocycles. The molecule has 118 valence electrons. The van der Waals surface area contributed by atoms with Crippen LogP contribution in [0.2, 0.25) is 5.02 Å². The summed E-state index contributed by atoms with van der Waals surface area (Å²) in [5.41, 5.74) is 7.25. The van der Waals surface area contributed by atoms with Crippen LogP contribution in [-0.2, 0) is 6.54 Å². The van der Waals surface area contributed by atoms with Crippen molar-refractivity contribution in [2.45, 2.75) is 6.54 Å². The molecule has 0 amide bonds. The van der Waals surface area contributed by atoms with Crippen molar-refractivity contribution in [2.75, 3.05) is 24.8 Å². The number of nitrogen functional groups attached to an aromatic ring is 1. The molecular weight excluding hydrogens is 314 g/mol. The summed E-state index contributed by atoms with van der Waals surface area (Å²) in [5, 5.41) is 1.50.